The molecule has 2 rings (SSSR count). The number of hydrogen-bond donors (Lipinski definition) is 1. The van der Waals surface area contributed by atoms with Crippen molar-refractivity contribution >= 4 is 12.0 Å². The van der Waals surface area contributed by atoms with Crippen LogP contribution in [0.1, 0.15) is 37.6 Å². The average Bonchev–Trinajstić information content (AvgIpc) is 2.84. The summed E-state index contributed by atoms with van der Waals surface area (Å²) < 4.78 is 18.4. The first-order valence-corrected chi connectivity index (χ1v) is 7.29. The third-order valence-corrected chi connectivity index (χ3v) is 3.27. The van der Waals surface area contributed by atoms with Crippen molar-refractivity contribution < 1.29 is 18.7 Å². The van der Waals surface area contributed by atoms with Gasteiger partial charge in [0.15, 0.2) is 0 Å². The Morgan fingerprint density at radius 2 is 2.09 bits per heavy atom. The third-order valence-electron chi connectivity index (χ3n) is 3.27. The van der Waals surface area contributed by atoms with Crippen LogP contribution in [-0.4, -0.2) is 41.6 Å². The highest BCUT2D eigenvalue weighted by Crippen LogP contribution is 2.15. The number of nitrogens with zero attached hydrogens (tertiary/aromatic N) is 1. The number of rotatable bonds is 2. The van der Waals surface area contributed by atoms with Crippen molar-refractivity contribution in [3.8, 4) is 0 Å². The standard InChI is InChI=1S/C16H21FN2O3/c1-16(2,3)22-15(21)18-13-7-8-19(10-13)14(20)11-5-4-6-12(17)9-11/h4-6,9,13H,7-8,10H2,1-3H3,(H,18,21)/t13-/m1/s1. The molecule has 5 nitrogen and oxygen atoms in total. The molecule has 0 aromatic heterocycles. The first kappa shape index (κ1) is 16.3. The molecular weight excluding hydrogens is 287 g/mol. The van der Waals surface area contributed by atoms with E-state index in [0.29, 0.717) is 25.1 Å². The van der Waals surface area contributed by atoms with Crippen molar-refractivity contribution in [3.63, 3.8) is 0 Å². The molecule has 1 N–H and O–H groups in total. The van der Waals surface area contributed by atoms with E-state index in [9.17, 15) is 14.0 Å². The number of hydrogen-bond acceptors (Lipinski definition) is 3. The van der Waals surface area contributed by atoms with Gasteiger partial charge in [0.25, 0.3) is 5.91 Å². The van der Waals surface area contributed by atoms with Crippen LogP contribution in [0, 0.1) is 5.82 Å². The molecule has 1 heterocycles. The zero-order valence-corrected chi connectivity index (χ0v) is 13.1. The van der Waals surface area contributed by atoms with Gasteiger partial charge < -0.3 is 15.0 Å². The van der Waals surface area contributed by atoms with Crippen LogP contribution in [0.25, 0.3) is 0 Å². The molecule has 0 aliphatic carbocycles. The maximum Gasteiger partial charge on any atom is 0.407 e. The molecule has 1 aromatic rings. The predicted octanol–water partition coefficient (Wildman–Crippen LogP) is 2.56. The summed E-state index contributed by atoms with van der Waals surface area (Å²) in [7, 11) is 0. The second-order valence-electron chi connectivity index (χ2n) is 6.39. The van der Waals surface area contributed by atoms with Crippen LogP contribution in [0.2, 0.25) is 0 Å². The second-order valence-corrected chi connectivity index (χ2v) is 6.39. The molecule has 0 saturated carbocycles. The maximum atomic E-state index is 13.2. The fraction of sp³-hybridized carbons (Fsp3) is 0.500. The summed E-state index contributed by atoms with van der Waals surface area (Å²) in [5.74, 6) is -0.665. The van der Waals surface area contributed by atoms with Gasteiger partial charge in [-0.2, -0.15) is 0 Å². The Morgan fingerprint density at radius 3 is 2.73 bits per heavy atom. The Kier molecular flexibility index (Phi) is 4.68. The van der Waals surface area contributed by atoms with Crippen molar-refractivity contribution in [2.75, 3.05) is 13.1 Å². The molecule has 1 aliphatic rings. The summed E-state index contributed by atoms with van der Waals surface area (Å²) in [6.07, 6.45) is 0.165. The SMILES string of the molecule is CC(C)(C)OC(=O)N[C@@H]1CCN(C(=O)c2cccc(F)c2)C1. The third kappa shape index (κ3) is 4.44. The molecule has 22 heavy (non-hydrogen) atoms. The zero-order chi connectivity index (χ0) is 16.3. The minimum absolute atomic E-state index is 0.146. The van der Waals surface area contributed by atoms with E-state index >= 15 is 0 Å². The molecular formula is C16H21FN2O3. The van der Waals surface area contributed by atoms with E-state index in [0.717, 1.165) is 0 Å². The zero-order valence-electron chi connectivity index (χ0n) is 13.1. The molecule has 2 amide bonds. The van der Waals surface area contributed by atoms with Crippen LogP contribution in [0.4, 0.5) is 9.18 Å². The molecule has 6 heteroatoms. The number of likely N-dealkylation sites (tertiary alicyclic amines) is 1. The van der Waals surface area contributed by atoms with Gasteiger partial charge in [-0.1, -0.05) is 6.07 Å². The first-order chi connectivity index (χ1) is 10.2. The molecule has 0 spiro atoms. The normalized spacial score (nSPS) is 18.2. The Bertz CT molecular complexity index is 569. The summed E-state index contributed by atoms with van der Waals surface area (Å²) in [4.78, 5) is 25.6. The van der Waals surface area contributed by atoms with E-state index in [1.807, 2.05) is 0 Å². The van der Waals surface area contributed by atoms with Gasteiger partial charge in [0.2, 0.25) is 0 Å². The van der Waals surface area contributed by atoms with Crippen LogP contribution >= 0.6 is 0 Å². The number of halogens is 1. The van der Waals surface area contributed by atoms with Gasteiger partial charge in [-0.3, -0.25) is 4.79 Å². The lowest BCUT2D eigenvalue weighted by Gasteiger charge is -2.22. The predicted molar refractivity (Wildman–Crippen MR) is 80.1 cm³/mol. The molecule has 120 valence electrons. The van der Waals surface area contributed by atoms with Crippen LogP contribution in [0.5, 0.6) is 0 Å². The molecule has 1 aliphatic heterocycles. The molecule has 1 aromatic carbocycles. The van der Waals surface area contributed by atoms with Crippen LogP contribution < -0.4 is 5.32 Å². The molecule has 0 radical (unpaired) electrons. The van der Waals surface area contributed by atoms with Gasteiger partial charge in [-0.05, 0) is 45.4 Å². The van der Waals surface area contributed by atoms with Crippen molar-refractivity contribution in [1.82, 2.24) is 10.2 Å². The molecule has 1 fully saturated rings. The molecule has 0 bridgehead atoms. The van der Waals surface area contributed by atoms with Crippen LogP contribution in [0.15, 0.2) is 24.3 Å². The summed E-state index contributed by atoms with van der Waals surface area (Å²) >= 11 is 0. The van der Waals surface area contributed by atoms with E-state index in [-0.39, 0.29) is 11.9 Å². The number of ether oxygens (including phenoxy) is 1. The summed E-state index contributed by atoms with van der Waals surface area (Å²) in [5, 5.41) is 2.75. The van der Waals surface area contributed by atoms with Gasteiger partial charge in [-0.15, -0.1) is 0 Å². The van der Waals surface area contributed by atoms with Crippen molar-refractivity contribution in [1.29, 1.82) is 0 Å². The van der Waals surface area contributed by atoms with E-state index in [1.54, 1.807) is 31.7 Å². The highest BCUT2D eigenvalue weighted by Gasteiger charge is 2.29. The lowest BCUT2D eigenvalue weighted by molar-refractivity contribution is 0.0502. The largest absolute Gasteiger partial charge is 0.444 e. The maximum absolute atomic E-state index is 13.2. The van der Waals surface area contributed by atoms with Gasteiger partial charge in [0.1, 0.15) is 11.4 Å². The van der Waals surface area contributed by atoms with E-state index < -0.39 is 17.5 Å². The fourth-order valence-electron chi connectivity index (χ4n) is 2.34. The number of carbonyl (C=O) groups is 2. The monoisotopic (exact) mass is 308 g/mol. The number of amides is 2. The lowest BCUT2D eigenvalue weighted by atomic mass is 10.2. The highest BCUT2D eigenvalue weighted by atomic mass is 19.1. The van der Waals surface area contributed by atoms with Crippen molar-refractivity contribution in [3.05, 3.63) is 35.6 Å². The van der Waals surface area contributed by atoms with E-state index in [1.165, 1.54) is 18.2 Å². The Balaban J connectivity index is 1.90. The van der Waals surface area contributed by atoms with Gasteiger partial charge in [0.05, 0.1) is 6.04 Å². The topological polar surface area (TPSA) is 58.6 Å². The van der Waals surface area contributed by atoms with Crippen molar-refractivity contribution in [2.45, 2.75) is 38.8 Å². The quantitative estimate of drug-likeness (QED) is 0.913. The summed E-state index contributed by atoms with van der Waals surface area (Å²) in [5.41, 5.74) is -0.238. The minimum Gasteiger partial charge on any atom is -0.444 e. The summed E-state index contributed by atoms with van der Waals surface area (Å²) in [6.45, 7) is 6.30. The number of carbonyl (C=O) groups excluding carboxylic acids is 2. The number of alkyl carbamates (subject to hydrolysis) is 1. The molecule has 1 atom stereocenters. The highest BCUT2D eigenvalue weighted by molar-refractivity contribution is 5.94. The lowest BCUT2D eigenvalue weighted by Crippen LogP contribution is -2.41. The molecule has 1 saturated heterocycles. The van der Waals surface area contributed by atoms with Gasteiger partial charge in [-0.25, -0.2) is 9.18 Å². The average molecular weight is 308 g/mol. The first-order valence-electron chi connectivity index (χ1n) is 7.29. The smallest absolute Gasteiger partial charge is 0.407 e. The Morgan fingerprint density at radius 1 is 1.36 bits per heavy atom. The van der Waals surface area contributed by atoms with Crippen LogP contribution in [-0.2, 0) is 4.74 Å². The van der Waals surface area contributed by atoms with Gasteiger partial charge in [0, 0.05) is 18.7 Å². The van der Waals surface area contributed by atoms with Gasteiger partial charge >= 0.3 is 6.09 Å². The number of benzene rings is 1. The van der Waals surface area contributed by atoms with E-state index in [4.69, 9.17) is 4.74 Å². The second kappa shape index (κ2) is 6.34. The van der Waals surface area contributed by atoms with Crippen molar-refractivity contribution in [2.24, 2.45) is 0 Å². The Labute approximate surface area is 129 Å². The molecule has 0 unspecified atom stereocenters. The summed E-state index contributed by atoms with van der Waals surface area (Å²) in [6, 6.07) is 5.46. The van der Waals surface area contributed by atoms with E-state index in [2.05, 4.69) is 5.32 Å². The fourth-order valence-corrected chi connectivity index (χ4v) is 2.34. The number of nitrogens with one attached hydrogen (secondary N) is 1. The minimum atomic E-state index is -0.556. The van der Waals surface area contributed by atoms with Crippen LogP contribution in [0.3, 0.4) is 0 Å². The Hall–Kier alpha value is -2.11.